The normalized spacial score (nSPS) is 12.8. The van der Waals surface area contributed by atoms with E-state index in [0.29, 0.717) is 10.6 Å². The molecule has 1 amide bonds. The molecule has 2 nitrogen and oxygen atoms in total. The molecule has 22 heavy (non-hydrogen) atoms. The molecule has 0 aromatic heterocycles. The van der Waals surface area contributed by atoms with Crippen LogP contribution in [0.1, 0.15) is 31.4 Å². The molecule has 0 aliphatic heterocycles. The predicted octanol–water partition coefficient (Wildman–Crippen LogP) is 4.80. The molecule has 114 valence electrons. The van der Waals surface area contributed by atoms with E-state index in [4.69, 9.17) is 11.6 Å². The maximum Gasteiger partial charge on any atom is 0.252 e. The number of hydrogen-bond acceptors (Lipinski definition) is 1. The lowest BCUT2D eigenvalue weighted by atomic mass is 10.0. The van der Waals surface area contributed by atoms with Gasteiger partial charge in [-0.3, -0.25) is 4.79 Å². The molecule has 3 heteroatoms. The third-order valence-electron chi connectivity index (χ3n) is 3.52. The van der Waals surface area contributed by atoms with Crippen LogP contribution in [0.15, 0.2) is 54.6 Å². The van der Waals surface area contributed by atoms with Crippen molar-refractivity contribution in [2.24, 2.45) is 0 Å². The van der Waals surface area contributed by atoms with Crippen molar-refractivity contribution in [1.29, 1.82) is 0 Å². The average molecular weight is 314 g/mol. The van der Waals surface area contributed by atoms with Crippen molar-refractivity contribution in [2.75, 3.05) is 0 Å². The van der Waals surface area contributed by atoms with Gasteiger partial charge in [0.2, 0.25) is 0 Å². The average Bonchev–Trinajstić information content (AvgIpc) is 2.54. The summed E-state index contributed by atoms with van der Waals surface area (Å²) in [6.07, 6.45) is 2.73. The maximum atomic E-state index is 12.6. The van der Waals surface area contributed by atoms with Gasteiger partial charge in [0, 0.05) is 16.6 Å². The fraction of sp³-hybridized carbons (Fsp3) is 0.211. The Morgan fingerprint density at radius 2 is 1.77 bits per heavy atom. The van der Waals surface area contributed by atoms with E-state index in [1.54, 1.807) is 0 Å². The Labute approximate surface area is 136 Å². The molecule has 1 atom stereocenters. The topological polar surface area (TPSA) is 29.1 Å². The zero-order chi connectivity index (χ0) is 15.9. The molecule has 0 saturated heterocycles. The first kappa shape index (κ1) is 16.3. The van der Waals surface area contributed by atoms with Gasteiger partial charge in [0.15, 0.2) is 0 Å². The zero-order valence-electron chi connectivity index (χ0n) is 12.8. The summed E-state index contributed by atoms with van der Waals surface area (Å²) in [6.45, 7) is 4.04. The van der Waals surface area contributed by atoms with Gasteiger partial charge in [0.1, 0.15) is 0 Å². The standard InChI is InChI=1S/C19H20ClNO/c1-3-14(2)21-19(22)17(15-9-5-4-6-10-15)13-16-11-7-8-12-18(16)20/h4-14H,3H2,1-2H3,(H,21,22)/b17-13+/t14-/m0/s1. The van der Waals surface area contributed by atoms with Crippen LogP contribution in [0.2, 0.25) is 5.02 Å². The summed E-state index contributed by atoms with van der Waals surface area (Å²) in [7, 11) is 0. The van der Waals surface area contributed by atoms with E-state index in [9.17, 15) is 4.79 Å². The molecule has 0 radical (unpaired) electrons. The third kappa shape index (κ3) is 4.22. The Bertz CT molecular complexity index is 664. The molecule has 0 aliphatic carbocycles. The fourth-order valence-corrected chi connectivity index (χ4v) is 2.24. The summed E-state index contributed by atoms with van der Waals surface area (Å²) in [5.74, 6) is -0.0829. The number of nitrogens with one attached hydrogen (secondary N) is 1. The van der Waals surface area contributed by atoms with E-state index in [1.165, 1.54) is 0 Å². The van der Waals surface area contributed by atoms with E-state index in [0.717, 1.165) is 17.5 Å². The second-order valence-electron chi connectivity index (χ2n) is 5.23. The van der Waals surface area contributed by atoms with E-state index >= 15 is 0 Å². The Morgan fingerprint density at radius 1 is 1.14 bits per heavy atom. The number of carbonyl (C=O) groups excluding carboxylic acids is 1. The number of rotatable bonds is 5. The largest absolute Gasteiger partial charge is 0.350 e. The lowest BCUT2D eigenvalue weighted by Crippen LogP contribution is -2.32. The van der Waals surface area contributed by atoms with Crippen LogP contribution >= 0.6 is 11.6 Å². The number of amides is 1. The van der Waals surface area contributed by atoms with Gasteiger partial charge in [0.25, 0.3) is 5.91 Å². The highest BCUT2D eigenvalue weighted by atomic mass is 35.5. The molecule has 0 unspecified atom stereocenters. The van der Waals surface area contributed by atoms with Crippen LogP contribution < -0.4 is 5.32 Å². The molecular weight excluding hydrogens is 294 g/mol. The summed E-state index contributed by atoms with van der Waals surface area (Å²) in [5.41, 5.74) is 2.33. The second-order valence-corrected chi connectivity index (χ2v) is 5.64. The SMILES string of the molecule is CC[C@H](C)NC(=O)/C(=C/c1ccccc1Cl)c1ccccc1. The number of carbonyl (C=O) groups is 1. The first-order valence-electron chi connectivity index (χ1n) is 7.44. The van der Waals surface area contributed by atoms with Crippen LogP contribution in [0.5, 0.6) is 0 Å². The highest BCUT2D eigenvalue weighted by Gasteiger charge is 2.14. The Morgan fingerprint density at radius 3 is 2.41 bits per heavy atom. The molecule has 0 heterocycles. The first-order chi connectivity index (χ1) is 10.6. The lowest BCUT2D eigenvalue weighted by Gasteiger charge is -2.14. The van der Waals surface area contributed by atoms with Crippen molar-refractivity contribution in [3.63, 3.8) is 0 Å². The highest BCUT2D eigenvalue weighted by Crippen LogP contribution is 2.23. The highest BCUT2D eigenvalue weighted by molar-refractivity contribution is 6.33. The molecule has 0 saturated carbocycles. The van der Waals surface area contributed by atoms with Crippen LogP contribution in [0.25, 0.3) is 11.6 Å². The molecule has 0 fully saturated rings. The summed E-state index contributed by atoms with van der Waals surface area (Å²) in [4.78, 5) is 12.6. The van der Waals surface area contributed by atoms with Crippen LogP contribution in [-0.4, -0.2) is 11.9 Å². The van der Waals surface area contributed by atoms with Crippen LogP contribution in [-0.2, 0) is 4.79 Å². The second kappa shape index (κ2) is 7.81. The van der Waals surface area contributed by atoms with Gasteiger partial charge in [-0.2, -0.15) is 0 Å². The van der Waals surface area contributed by atoms with Crippen LogP contribution in [0.3, 0.4) is 0 Å². The maximum absolute atomic E-state index is 12.6. The van der Waals surface area contributed by atoms with Gasteiger partial charge in [-0.1, -0.05) is 67.1 Å². The summed E-state index contributed by atoms with van der Waals surface area (Å²) < 4.78 is 0. The van der Waals surface area contributed by atoms with Crippen molar-refractivity contribution in [2.45, 2.75) is 26.3 Å². The van der Waals surface area contributed by atoms with Crippen molar-refractivity contribution in [1.82, 2.24) is 5.32 Å². The quantitative estimate of drug-likeness (QED) is 0.623. The molecule has 2 aromatic rings. The van der Waals surface area contributed by atoms with Crippen molar-refractivity contribution >= 4 is 29.2 Å². The minimum Gasteiger partial charge on any atom is -0.350 e. The molecule has 2 rings (SSSR count). The minimum absolute atomic E-state index is 0.0829. The van der Waals surface area contributed by atoms with Gasteiger partial charge in [-0.05, 0) is 36.6 Å². The van der Waals surface area contributed by atoms with Gasteiger partial charge < -0.3 is 5.32 Å². The van der Waals surface area contributed by atoms with E-state index < -0.39 is 0 Å². The van der Waals surface area contributed by atoms with Gasteiger partial charge >= 0.3 is 0 Å². The van der Waals surface area contributed by atoms with Gasteiger partial charge in [0.05, 0.1) is 0 Å². The van der Waals surface area contributed by atoms with E-state index in [2.05, 4.69) is 5.32 Å². The first-order valence-corrected chi connectivity index (χ1v) is 7.82. The minimum atomic E-state index is -0.0829. The smallest absolute Gasteiger partial charge is 0.252 e. The van der Waals surface area contributed by atoms with Crippen molar-refractivity contribution < 1.29 is 4.79 Å². The molecule has 2 aromatic carbocycles. The summed E-state index contributed by atoms with van der Waals surface area (Å²) in [5, 5.41) is 3.65. The molecule has 1 N–H and O–H groups in total. The summed E-state index contributed by atoms with van der Waals surface area (Å²) in [6, 6.07) is 17.3. The molecular formula is C19H20ClNO. The molecule has 0 spiro atoms. The molecule has 0 bridgehead atoms. The number of hydrogen-bond donors (Lipinski definition) is 1. The van der Waals surface area contributed by atoms with E-state index in [-0.39, 0.29) is 11.9 Å². The Kier molecular flexibility index (Phi) is 5.79. The van der Waals surface area contributed by atoms with Crippen LogP contribution in [0, 0.1) is 0 Å². The third-order valence-corrected chi connectivity index (χ3v) is 3.87. The Balaban J connectivity index is 2.42. The number of benzene rings is 2. The number of halogens is 1. The van der Waals surface area contributed by atoms with Crippen molar-refractivity contribution in [3.8, 4) is 0 Å². The van der Waals surface area contributed by atoms with E-state index in [1.807, 2.05) is 74.5 Å². The van der Waals surface area contributed by atoms with Crippen molar-refractivity contribution in [3.05, 3.63) is 70.7 Å². The van der Waals surface area contributed by atoms with Gasteiger partial charge in [-0.15, -0.1) is 0 Å². The predicted molar refractivity (Wildman–Crippen MR) is 93.7 cm³/mol. The monoisotopic (exact) mass is 313 g/mol. The Hall–Kier alpha value is -2.06. The summed E-state index contributed by atoms with van der Waals surface area (Å²) >= 11 is 6.22. The fourth-order valence-electron chi connectivity index (χ4n) is 2.05. The van der Waals surface area contributed by atoms with Gasteiger partial charge in [-0.25, -0.2) is 0 Å². The zero-order valence-corrected chi connectivity index (χ0v) is 13.6. The molecule has 0 aliphatic rings. The van der Waals surface area contributed by atoms with Crippen LogP contribution in [0.4, 0.5) is 0 Å². The lowest BCUT2D eigenvalue weighted by molar-refractivity contribution is -0.116.